The molecule has 0 fully saturated rings. The van der Waals surface area contributed by atoms with E-state index < -0.39 is 0 Å². The van der Waals surface area contributed by atoms with Gasteiger partial charge in [0.2, 0.25) is 0 Å². The van der Waals surface area contributed by atoms with Gasteiger partial charge in [-0.05, 0) is 30.5 Å². The molecule has 21 heavy (non-hydrogen) atoms. The molecule has 0 bridgehead atoms. The molecule has 0 N–H and O–H groups in total. The van der Waals surface area contributed by atoms with Gasteiger partial charge in [-0.3, -0.25) is 0 Å². The van der Waals surface area contributed by atoms with Crippen LogP contribution in [0.4, 0.5) is 0 Å². The van der Waals surface area contributed by atoms with E-state index in [2.05, 4.69) is 23.8 Å². The van der Waals surface area contributed by atoms with E-state index in [9.17, 15) is 0 Å². The zero-order chi connectivity index (χ0) is 15.4. The Kier molecular flexibility index (Phi) is 5.02. The maximum absolute atomic E-state index is 6.12. The third kappa shape index (κ3) is 3.85. The quantitative estimate of drug-likeness (QED) is 0.783. The van der Waals surface area contributed by atoms with Gasteiger partial charge in [0.25, 0.3) is 0 Å². The highest BCUT2D eigenvalue weighted by Gasteiger charge is 2.13. The zero-order valence-corrected chi connectivity index (χ0v) is 13.4. The lowest BCUT2D eigenvalue weighted by atomic mass is 10.1. The monoisotopic (exact) mass is 306 g/mol. The minimum atomic E-state index is 0.438. The third-order valence-corrected chi connectivity index (χ3v) is 3.21. The molecule has 1 aromatic carbocycles. The molecule has 0 aliphatic carbocycles. The second kappa shape index (κ2) is 6.76. The summed E-state index contributed by atoms with van der Waals surface area (Å²) in [6.45, 7) is 4.29. The Morgan fingerprint density at radius 1 is 1.10 bits per heavy atom. The number of hydrogen-bond donors (Lipinski definition) is 0. The zero-order valence-electron chi connectivity index (χ0n) is 12.7. The molecule has 0 unspecified atom stereocenters. The molecule has 112 valence electrons. The predicted molar refractivity (Wildman–Crippen MR) is 84.1 cm³/mol. The van der Waals surface area contributed by atoms with Crippen LogP contribution in [0.2, 0.25) is 5.15 Å². The Balaban J connectivity index is 2.48. The molecule has 4 nitrogen and oxygen atoms in total. The van der Waals surface area contributed by atoms with Crippen molar-refractivity contribution in [2.75, 3.05) is 14.2 Å². The van der Waals surface area contributed by atoms with Crippen molar-refractivity contribution in [3.8, 4) is 22.9 Å². The number of methoxy groups -OCH3 is 2. The first-order valence-electron chi connectivity index (χ1n) is 6.79. The summed E-state index contributed by atoms with van der Waals surface area (Å²) in [4.78, 5) is 8.90. The molecule has 2 rings (SSSR count). The molecule has 2 aromatic rings. The Morgan fingerprint density at radius 3 is 2.48 bits per heavy atom. The van der Waals surface area contributed by atoms with Gasteiger partial charge >= 0.3 is 0 Å². The van der Waals surface area contributed by atoms with Crippen LogP contribution >= 0.6 is 11.6 Å². The first-order valence-corrected chi connectivity index (χ1v) is 7.17. The molecule has 0 radical (unpaired) electrons. The molecular formula is C16H19ClN2O2. The number of rotatable bonds is 5. The Hall–Kier alpha value is -1.81. The average Bonchev–Trinajstić information content (AvgIpc) is 2.45. The Labute approximate surface area is 130 Å². The fraction of sp³-hybridized carbons (Fsp3) is 0.375. The molecular weight excluding hydrogens is 288 g/mol. The SMILES string of the molecule is COc1ccc(-c2nc(Cl)cc(CC(C)C)n2)c(OC)c1. The molecule has 1 heterocycles. The molecule has 0 saturated heterocycles. The summed E-state index contributed by atoms with van der Waals surface area (Å²) in [6.07, 6.45) is 0.855. The maximum atomic E-state index is 6.12. The lowest BCUT2D eigenvalue weighted by Crippen LogP contribution is -2.01. The Morgan fingerprint density at radius 2 is 1.86 bits per heavy atom. The molecule has 0 spiro atoms. The summed E-state index contributed by atoms with van der Waals surface area (Å²) in [5.41, 5.74) is 1.73. The van der Waals surface area contributed by atoms with Gasteiger partial charge in [-0.1, -0.05) is 25.4 Å². The summed E-state index contributed by atoms with van der Waals surface area (Å²) < 4.78 is 10.6. The van der Waals surface area contributed by atoms with E-state index in [4.69, 9.17) is 21.1 Å². The number of benzene rings is 1. The van der Waals surface area contributed by atoms with Crippen LogP contribution in [0.25, 0.3) is 11.4 Å². The van der Waals surface area contributed by atoms with Gasteiger partial charge in [0, 0.05) is 11.8 Å². The van der Waals surface area contributed by atoms with Crippen molar-refractivity contribution in [1.82, 2.24) is 9.97 Å². The first kappa shape index (κ1) is 15.6. The minimum Gasteiger partial charge on any atom is -0.497 e. The summed E-state index contributed by atoms with van der Waals surface area (Å²) >= 11 is 6.12. The van der Waals surface area contributed by atoms with E-state index in [-0.39, 0.29) is 0 Å². The van der Waals surface area contributed by atoms with Gasteiger partial charge in [0.15, 0.2) is 5.82 Å². The summed E-state index contributed by atoms with van der Waals surface area (Å²) in [6, 6.07) is 7.34. The first-order chi connectivity index (χ1) is 10.0. The Bertz CT molecular complexity index is 630. The van der Waals surface area contributed by atoms with Crippen LogP contribution in [0.15, 0.2) is 24.3 Å². The minimum absolute atomic E-state index is 0.438. The number of aromatic nitrogens is 2. The summed E-state index contributed by atoms with van der Waals surface area (Å²) in [5, 5.41) is 0.438. The second-order valence-corrected chi connectivity index (χ2v) is 5.56. The van der Waals surface area contributed by atoms with Crippen LogP contribution in [0, 0.1) is 5.92 Å². The van der Waals surface area contributed by atoms with E-state index in [0.717, 1.165) is 23.4 Å². The van der Waals surface area contributed by atoms with Gasteiger partial charge in [0.1, 0.15) is 16.7 Å². The molecule has 0 atom stereocenters. The molecule has 0 saturated carbocycles. The van der Waals surface area contributed by atoms with Crippen LogP contribution in [0.1, 0.15) is 19.5 Å². The average molecular weight is 307 g/mol. The van der Waals surface area contributed by atoms with Crippen LogP contribution in [0.5, 0.6) is 11.5 Å². The van der Waals surface area contributed by atoms with Crippen LogP contribution in [-0.4, -0.2) is 24.2 Å². The van der Waals surface area contributed by atoms with Crippen LogP contribution < -0.4 is 9.47 Å². The van der Waals surface area contributed by atoms with Gasteiger partial charge in [-0.2, -0.15) is 0 Å². The fourth-order valence-corrected chi connectivity index (χ4v) is 2.30. The molecule has 0 amide bonds. The number of halogens is 1. The van der Waals surface area contributed by atoms with Gasteiger partial charge in [0.05, 0.1) is 19.8 Å². The summed E-state index contributed by atoms with van der Waals surface area (Å²) in [5.74, 6) is 2.45. The van der Waals surface area contributed by atoms with E-state index in [1.165, 1.54) is 0 Å². The highest BCUT2D eigenvalue weighted by atomic mass is 35.5. The summed E-state index contributed by atoms with van der Waals surface area (Å²) in [7, 11) is 3.23. The van der Waals surface area contributed by atoms with Gasteiger partial charge in [-0.25, -0.2) is 9.97 Å². The van der Waals surface area contributed by atoms with Crippen molar-refractivity contribution in [1.29, 1.82) is 0 Å². The van der Waals surface area contributed by atoms with E-state index in [1.807, 2.05) is 18.2 Å². The normalized spacial score (nSPS) is 10.8. The predicted octanol–water partition coefficient (Wildman–Crippen LogP) is 4.01. The van der Waals surface area contributed by atoms with Crippen molar-refractivity contribution < 1.29 is 9.47 Å². The van der Waals surface area contributed by atoms with E-state index in [1.54, 1.807) is 20.3 Å². The van der Waals surface area contributed by atoms with Crippen LogP contribution in [0.3, 0.4) is 0 Å². The largest absolute Gasteiger partial charge is 0.497 e. The van der Waals surface area contributed by atoms with Gasteiger partial charge in [-0.15, -0.1) is 0 Å². The molecule has 1 aromatic heterocycles. The third-order valence-electron chi connectivity index (χ3n) is 3.01. The molecule has 0 aliphatic heterocycles. The molecule has 5 heteroatoms. The number of ether oxygens (including phenoxy) is 2. The highest BCUT2D eigenvalue weighted by molar-refractivity contribution is 6.29. The standard InChI is InChI=1S/C16H19ClN2O2/c1-10(2)7-11-8-15(17)19-16(18-11)13-6-5-12(20-3)9-14(13)21-4/h5-6,8-10H,7H2,1-4H3. The molecule has 0 aliphatic rings. The fourth-order valence-electron chi connectivity index (χ4n) is 2.09. The van der Waals surface area contributed by atoms with Crippen molar-refractivity contribution >= 4 is 11.6 Å². The van der Waals surface area contributed by atoms with E-state index in [0.29, 0.717) is 22.6 Å². The van der Waals surface area contributed by atoms with Crippen molar-refractivity contribution in [2.24, 2.45) is 5.92 Å². The van der Waals surface area contributed by atoms with Crippen molar-refractivity contribution in [2.45, 2.75) is 20.3 Å². The van der Waals surface area contributed by atoms with E-state index >= 15 is 0 Å². The van der Waals surface area contributed by atoms with Crippen molar-refractivity contribution in [3.63, 3.8) is 0 Å². The number of nitrogens with zero attached hydrogens (tertiary/aromatic N) is 2. The van der Waals surface area contributed by atoms with Crippen LogP contribution in [-0.2, 0) is 6.42 Å². The lowest BCUT2D eigenvalue weighted by Gasteiger charge is -2.11. The smallest absolute Gasteiger partial charge is 0.164 e. The number of hydrogen-bond acceptors (Lipinski definition) is 4. The lowest BCUT2D eigenvalue weighted by molar-refractivity contribution is 0.395. The van der Waals surface area contributed by atoms with Gasteiger partial charge < -0.3 is 9.47 Å². The van der Waals surface area contributed by atoms with Crippen molar-refractivity contribution in [3.05, 3.63) is 35.1 Å². The topological polar surface area (TPSA) is 44.2 Å². The maximum Gasteiger partial charge on any atom is 0.164 e. The second-order valence-electron chi connectivity index (χ2n) is 5.17. The highest BCUT2D eigenvalue weighted by Crippen LogP contribution is 2.32.